The molecule has 0 N–H and O–H groups in total. The van der Waals surface area contributed by atoms with Crippen molar-refractivity contribution in [1.82, 2.24) is 4.90 Å². The molecule has 0 aliphatic rings. The molecule has 25 heavy (non-hydrogen) atoms. The molecule has 1 unspecified atom stereocenters. The van der Waals surface area contributed by atoms with Crippen molar-refractivity contribution in [3.63, 3.8) is 0 Å². The van der Waals surface area contributed by atoms with Gasteiger partial charge in [-0.05, 0) is 31.5 Å². The van der Waals surface area contributed by atoms with E-state index in [1.807, 2.05) is 30.3 Å². The van der Waals surface area contributed by atoms with Gasteiger partial charge in [-0.25, -0.2) is 9.18 Å². The summed E-state index contributed by atoms with van der Waals surface area (Å²) in [6, 6.07) is 12.3. The fraction of sp³-hybridized carbons (Fsp3) is 0.263. The number of carbonyl (C=O) groups excluding carboxylic acids is 2. The number of hydrogen-bond acceptors (Lipinski definition) is 3. The lowest BCUT2D eigenvalue weighted by Crippen LogP contribution is -2.44. The van der Waals surface area contributed by atoms with Crippen LogP contribution in [0.15, 0.2) is 48.5 Å². The van der Waals surface area contributed by atoms with Gasteiger partial charge in [0.05, 0.1) is 17.2 Å². The quantitative estimate of drug-likeness (QED) is 0.727. The lowest BCUT2D eigenvalue weighted by molar-refractivity contribution is -0.148. The van der Waals surface area contributed by atoms with E-state index in [2.05, 4.69) is 0 Å². The third kappa shape index (κ3) is 4.57. The molecule has 0 fully saturated rings. The van der Waals surface area contributed by atoms with E-state index in [-0.39, 0.29) is 23.7 Å². The number of ether oxygens (including phenoxy) is 1. The number of nitrogens with zero attached hydrogens (tertiary/aromatic N) is 1. The third-order valence-corrected chi connectivity index (χ3v) is 4.04. The predicted octanol–water partition coefficient (Wildman–Crippen LogP) is 4.07. The molecule has 132 valence electrons. The van der Waals surface area contributed by atoms with Crippen LogP contribution in [0.3, 0.4) is 0 Å². The van der Waals surface area contributed by atoms with Crippen LogP contribution in [0.5, 0.6) is 0 Å². The lowest BCUT2D eigenvalue weighted by atomic mass is 10.1. The van der Waals surface area contributed by atoms with Crippen molar-refractivity contribution in [3.05, 3.63) is 70.5 Å². The zero-order chi connectivity index (χ0) is 18.4. The van der Waals surface area contributed by atoms with Crippen LogP contribution in [0.4, 0.5) is 4.39 Å². The van der Waals surface area contributed by atoms with Crippen LogP contribution >= 0.6 is 11.6 Å². The van der Waals surface area contributed by atoms with Gasteiger partial charge in [0.25, 0.3) is 5.91 Å². The molecule has 0 saturated heterocycles. The van der Waals surface area contributed by atoms with Gasteiger partial charge in [-0.15, -0.1) is 0 Å². The van der Waals surface area contributed by atoms with Gasteiger partial charge in [0.15, 0.2) is 0 Å². The molecule has 0 bridgehead atoms. The molecule has 0 radical (unpaired) electrons. The average Bonchev–Trinajstić information content (AvgIpc) is 2.60. The highest BCUT2D eigenvalue weighted by Crippen LogP contribution is 2.23. The highest BCUT2D eigenvalue weighted by Gasteiger charge is 2.30. The molecule has 2 aromatic rings. The second kappa shape index (κ2) is 8.62. The van der Waals surface area contributed by atoms with Gasteiger partial charge in [0.2, 0.25) is 0 Å². The van der Waals surface area contributed by atoms with E-state index in [1.165, 1.54) is 17.0 Å². The third-order valence-electron chi connectivity index (χ3n) is 3.73. The van der Waals surface area contributed by atoms with Crippen LogP contribution in [0.1, 0.15) is 29.8 Å². The summed E-state index contributed by atoms with van der Waals surface area (Å²) < 4.78 is 19.2. The van der Waals surface area contributed by atoms with Crippen molar-refractivity contribution in [1.29, 1.82) is 0 Å². The Bertz CT molecular complexity index is 731. The first kappa shape index (κ1) is 18.9. The summed E-state index contributed by atoms with van der Waals surface area (Å²) in [6.07, 6.45) is 0. The van der Waals surface area contributed by atoms with Gasteiger partial charge in [-0.1, -0.05) is 48.0 Å². The number of halogens is 2. The molecular formula is C19H19ClFNO3. The second-order valence-electron chi connectivity index (χ2n) is 5.44. The first-order valence-corrected chi connectivity index (χ1v) is 8.29. The topological polar surface area (TPSA) is 46.6 Å². The monoisotopic (exact) mass is 363 g/mol. The molecule has 1 atom stereocenters. The van der Waals surface area contributed by atoms with Crippen molar-refractivity contribution in [2.24, 2.45) is 0 Å². The number of hydrogen-bond donors (Lipinski definition) is 0. The molecular weight excluding hydrogens is 345 g/mol. The van der Waals surface area contributed by atoms with Crippen LogP contribution in [-0.2, 0) is 16.1 Å². The number of carbonyl (C=O) groups is 2. The number of benzene rings is 2. The van der Waals surface area contributed by atoms with Crippen LogP contribution < -0.4 is 0 Å². The molecule has 6 heteroatoms. The maximum absolute atomic E-state index is 14.2. The Hall–Kier alpha value is -2.40. The van der Waals surface area contributed by atoms with E-state index < -0.39 is 23.7 Å². The Kier molecular flexibility index (Phi) is 6.53. The van der Waals surface area contributed by atoms with Crippen LogP contribution in [0, 0.1) is 5.82 Å². The molecule has 0 aliphatic carbocycles. The number of esters is 1. The van der Waals surface area contributed by atoms with E-state index >= 15 is 0 Å². The van der Waals surface area contributed by atoms with E-state index in [0.29, 0.717) is 0 Å². The minimum absolute atomic E-state index is 0.000814. The summed E-state index contributed by atoms with van der Waals surface area (Å²) in [4.78, 5) is 26.3. The standard InChI is InChI=1S/C19H19ClFNO3/c1-3-25-19(24)13(2)22(12-14-8-5-4-6-9-14)18(23)17-15(20)10-7-11-16(17)21/h4-11,13H,3,12H2,1-2H3. The highest BCUT2D eigenvalue weighted by molar-refractivity contribution is 6.33. The van der Waals surface area contributed by atoms with Gasteiger partial charge >= 0.3 is 5.97 Å². The molecule has 4 nitrogen and oxygen atoms in total. The maximum atomic E-state index is 14.2. The molecule has 1 amide bonds. The van der Waals surface area contributed by atoms with E-state index in [1.54, 1.807) is 13.8 Å². The summed E-state index contributed by atoms with van der Waals surface area (Å²) in [5.41, 5.74) is 0.552. The lowest BCUT2D eigenvalue weighted by Gasteiger charge is -2.28. The molecule has 2 rings (SSSR count). The smallest absolute Gasteiger partial charge is 0.328 e. The van der Waals surface area contributed by atoms with Crippen molar-refractivity contribution in [2.75, 3.05) is 6.61 Å². The summed E-state index contributed by atoms with van der Waals surface area (Å²) in [5.74, 6) is -1.95. The van der Waals surface area contributed by atoms with Crippen molar-refractivity contribution in [2.45, 2.75) is 26.4 Å². The Balaban J connectivity index is 2.39. The average molecular weight is 364 g/mol. The second-order valence-corrected chi connectivity index (χ2v) is 5.85. The minimum atomic E-state index is -0.886. The fourth-order valence-electron chi connectivity index (χ4n) is 2.40. The zero-order valence-corrected chi connectivity index (χ0v) is 14.8. The summed E-state index contributed by atoms with van der Waals surface area (Å²) in [5, 5.41) is -0.000814. The van der Waals surface area contributed by atoms with Crippen LogP contribution in [0.25, 0.3) is 0 Å². The Morgan fingerprint density at radius 2 is 1.84 bits per heavy atom. The molecule has 0 spiro atoms. The van der Waals surface area contributed by atoms with Gasteiger partial charge in [-0.2, -0.15) is 0 Å². The van der Waals surface area contributed by atoms with Gasteiger partial charge < -0.3 is 9.64 Å². The fourth-order valence-corrected chi connectivity index (χ4v) is 2.64. The summed E-state index contributed by atoms with van der Waals surface area (Å²) in [6.45, 7) is 3.55. The Labute approximate surface area is 151 Å². The van der Waals surface area contributed by atoms with E-state index in [9.17, 15) is 14.0 Å². The number of rotatable bonds is 6. The van der Waals surface area contributed by atoms with Gasteiger partial charge in [0, 0.05) is 6.54 Å². The largest absolute Gasteiger partial charge is 0.464 e. The summed E-state index contributed by atoms with van der Waals surface area (Å²) in [7, 11) is 0. The first-order valence-electron chi connectivity index (χ1n) is 7.91. The highest BCUT2D eigenvalue weighted by atomic mass is 35.5. The summed E-state index contributed by atoms with van der Waals surface area (Å²) >= 11 is 6.01. The molecule has 0 heterocycles. The maximum Gasteiger partial charge on any atom is 0.328 e. The molecule has 0 saturated carbocycles. The van der Waals surface area contributed by atoms with Gasteiger partial charge in [0.1, 0.15) is 11.9 Å². The predicted molar refractivity (Wildman–Crippen MR) is 93.8 cm³/mol. The molecule has 2 aromatic carbocycles. The minimum Gasteiger partial charge on any atom is -0.464 e. The number of amides is 1. The zero-order valence-electron chi connectivity index (χ0n) is 14.0. The van der Waals surface area contributed by atoms with E-state index in [0.717, 1.165) is 11.6 Å². The Morgan fingerprint density at radius 3 is 2.44 bits per heavy atom. The normalized spacial score (nSPS) is 11.7. The SMILES string of the molecule is CCOC(=O)C(C)N(Cc1ccccc1)C(=O)c1c(F)cccc1Cl. The van der Waals surface area contributed by atoms with Gasteiger partial charge in [-0.3, -0.25) is 4.79 Å². The molecule has 0 aliphatic heterocycles. The van der Waals surface area contributed by atoms with E-state index in [4.69, 9.17) is 16.3 Å². The van der Waals surface area contributed by atoms with Crippen molar-refractivity contribution < 1.29 is 18.7 Å². The van der Waals surface area contributed by atoms with Crippen LogP contribution in [0.2, 0.25) is 5.02 Å². The molecule has 0 aromatic heterocycles. The van der Waals surface area contributed by atoms with Crippen molar-refractivity contribution >= 4 is 23.5 Å². The Morgan fingerprint density at radius 1 is 1.16 bits per heavy atom. The van der Waals surface area contributed by atoms with Crippen LogP contribution in [-0.4, -0.2) is 29.4 Å². The van der Waals surface area contributed by atoms with Crippen molar-refractivity contribution in [3.8, 4) is 0 Å². The first-order chi connectivity index (χ1) is 12.0.